The number of pyridine rings is 1. The lowest BCUT2D eigenvalue weighted by Crippen LogP contribution is -2.43. The van der Waals surface area contributed by atoms with Crippen molar-refractivity contribution in [3.05, 3.63) is 53.7 Å². The van der Waals surface area contributed by atoms with Gasteiger partial charge in [-0.25, -0.2) is 4.79 Å². The molecular weight excluding hydrogens is 306 g/mol. The first-order chi connectivity index (χ1) is 11.8. The zero-order valence-corrected chi connectivity index (χ0v) is 13.9. The minimum Gasteiger partial charge on any atom is -0.469 e. The fourth-order valence-electron chi connectivity index (χ4n) is 3.04. The number of methoxy groups -OCH3 is 1. The Morgan fingerprint density at radius 1 is 1.50 bits per heavy atom. The Kier molecular flexibility index (Phi) is 5.48. The Labute approximate surface area is 141 Å². The zero-order chi connectivity index (χ0) is 16.8. The number of furan rings is 1. The van der Waals surface area contributed by atoms with Crippen LogP contribution in [0.4, 0.5) is 4.79 Å². The highest BCUT2D eigenvalue weighted by molar-refractivity contribution is 5.74. The van der Waals surface area contributed by atoms with Gasteiger partial charge in [0.05, 0.1) is 18.9 Å². The summed E-state index contributed by atoms with van der Waals surface area (Å²) >= 11 is 0. The van der Waals surface area contributed by atoms with Crippen molar-refractivity contribution < 1.29 is 13.9 Å². The topological polar surface area (TPSA) is 67.6 Å². The number of nitrogens with one attached hydrogen (secondary N) is 1. The van der Waals surface area contributed by atoms with E-state index in [1.807, 2.05) is 18.2 Å². The van der Waals surface area contributed by atoms with Gasteiger partial charge in [-0.1, -0.05) is 6.07 Å². The number of rotatable bonds is 6. The van der Waals surface area contributed by atoms with Crippen LogP contribution in [-0.4, -0.2) is 36.2 Å². The molecule has 6 heteroatoms. The minimum absolute atomic E-state index is 0.0129. The van der Waals surface area contributed by atoms with Gasteiger partial charge in [0.2, 0.25) is 0 Å². The van der Waals surface area contributed by atoms with Crippen LogP contribution in [0.2, 0.25) is 0 Å². The highest BCUT2D eigenvalue weighted by Gasteiger charge is 2.25. The normalized spacial score (nSPS) is 16.5. The molecule has 2 amide bonds. The predicted molar refractivity (Wildman–Crippen MR) is 89.4 cm³/mol. The predicted octanol–water partition coefficient (Wildman–Crippen LogP) is 2.91. The molecule has 2 aromatic rings. The third-order valence-corrected chi connectivity index (χ3v) is 4.30. The van der Waals surface area contributed by atoms with Crippen molar-refractivity contribution >= 4 is 6.03 Å². The van der Waals surface area contributed by atoms with Crippen molar-refractivity contribution in [3.8, 4) is 0 Å². The van der Waals surface area contributed by atoms with E-state index in [9.17, 15) is 4.79 Å². The molecule has 2 heterocycles. The molecule has 1 unspecified atom stereocenters. The number of amides is 2. The molecule has 1 atom stereocenters. The maximum absolute atomic E-state index is 12.8. The van der Waals surface area contributed by atoms with E-state index in [2.05, 4.69) is 10.3 Å². The molecule has 128 valence electrons. The molecule has 0 radical (unpaired) electrons. The summed E-state index contributed by atoms with van der Waals surface area (Å²) in [6, 6.07) is 5.73. The summed E-state index contributed by atoms with van der Waals surface area (Å²) in [6.07, 6.45) is 8.11. The number of hydrogen-bond donors (Lipinski definition) is 1. The van der Waals surface area contributed by atoms with Crippen LogP contribution < -0.4 is 5.32 Å². The monoisotopic (exact) mass is 329 g/mol. The van der Waals surface area contributed by atoms with Crippen molar-refractivity contribution in [2.45, 2.75) is 31.8 Å². The average Bonchev–Trinajstić information content (AvgIpc) is 3.09. The van der Waals surface area contributed by atoms with Gasteiger partial charge in [0.15, 0.2) is 0 Å². The van der Waals surface area contributed by atoms with Crippen LogP contribution in [0.25, 0.3) is 0 Å². The highest BCUT2D eigenvalue weighted by atomic mass is 16.5. The Morgan fingerprint density at radius 3 is 3.21 bits per heavy atom. The van der Waals surface area contributed by atoms with Gasteiger partial charge in [-0.3, -0.25) is 4.98 Å². The van der Waals surface area contributed by atoms with E-state index in [0.29, 0.717) is 19.7 Å². The van der Waals surface area contributed by atoms with Crippen molar-refractivity contribution in [1.82, 2.24) is 15.2 Å². The number of hydrogen-bond acceptors (Lipinski definition) is 4. The van der Waals surface area contributed by atoms with Crippen molar-refractivity contribution in [2.75, 3.05) is 20.3 Å². The van der Waals surface area contributed by atoms with Gasteiger partial charge in [0.1, 0.15) is 5.76 Å². The van der Waals surface area contributed by atoms with E-state index in [-0.39, 0.29) is 12.1 Å². The summed E-state index contributed by atoms with van der Waals surface area (Å²) in [5.74, 6) is 0.988. The molecule has 0 bridgehead atoms. The minimum atomic E-state index is -0.0880. The number of nitrogens with zero attached hydrogens (tertiary/aromatic N) is 2. The molecule has 24 heavy (non-hydrogen) atoms. The molecule has 0 aliphatic heterocycles. The molecule has 6 nitrogen and oxygen atoms in total. The van der Waals surface area contributed by atoms with Crippen molar-refractivity contribution in [1.29, 1.82) is 0 Å². The first-order valence-corrected chi connectivity index (χ1v) is 8.27. The number of ether oxygens (including phenoxy) is 1. The van der Waals surface area contributed by atoms with E-state index in [1.165, 1.54) is 0 Å². The molecule has 1 N–H and O–H groups in total. The van der Waals surface area contributed by atoms with Crippen molar-refractivity contribution in [2.24, 2.45) is 0 Å². The SMILES string of the molecule is COCCN(Cc1cccnc1)C(=O)NC1CCCc2occc21. The summed E-state index contributed by atoms with van der Waals surface area (Å²) in [7, 11) is 1.64. The second kappa shape index (κ2) is 7.97. The highest BCUT2D eigenvalue weighted by Crippen LogP contribution is 2.30. The fraction of sp³-hybridized carbons (Fsp3) is 0.444. The Bertz CT molecular complexity index is 657. The van der Waals surface area contributed by atoms with E-state index in [4.69, 9.17) is 9.15 Å². The van der Waals surface area contributed by atoms with Crippen LogP contribution in [0.1, 0.15) is 35.8 Å². The first-order valence-electron chi connectivity index (χ1n) is 8.27. The van der Waals surface area contributed by atoms with E-state index < -0.39 is 0 Å². The molecule has 2 aromatic heterocycles. The molecule has 0 saturated heterocycles. The lowest BCUT2D eigenvalue weighted by Gasteiger charge is -2.28. The lowest BCUT2D eigenvalue weighted by atomic mass is 9.93. The molecule has 0 aromatic carbocycles. The first kappa shape index (κ1) is 16.5. The van der Waals surface area contributed by atoms with Crippen LogP contribution in [-0.2, 0) is 17.7 Å². The summed E-state index contributed by atoms with van der Waals surface area (Å²) in [6.45, 7) is 1.53. The largest absolute Gasteiger partial charge is 0.469 e. The Balaban J connectivity index is 1.67. The van der Waals surface area contributed by atoms with Gasteiger partial charge in [-0.05, 0) is 30.5 Å². The van der Waals surface area contributed by atoms with Crippen LogP contribution in [0.5, 0.6) is 0 Å². The maximum atomic E-state index is 12.8. The third kappa shape index (κ3) is 3.94. The molecule has 0 fully saturated rings. The molecule has 0 spiro atoms. The average molecular weight is 329 g/mol. The summed E-state index contributed by atoms with van der Waals surface area (Å²) in [4.78, 5) is 18.6. The summed E-state index contributed by atoms with van der Waals surface area (Å²) in [5, 5.41) is 3.14. The number of fused-ring (bicyclic) bond motifs is 1. The van der Waals surface area contributed by atoms with Gasteiger partial charge >= 0.3 is 6.03 Å². The molecule has 1 aliphatic carbocycles. The van der Waals surface area contributed by atoms with Gasteiger partial charge in [0.25, 0.3) is 0 Å². The van der Waals surface area contributed by atoms with E-state index in [0.717, 1.165) is 36.1 Å². The van der Waals surface area contributed by atoms with Crippen LogP contribution in [0.15, 0.2) is 41.3 Å². The lowest BCUT2D eigenvalue weighted by molar-refractivity contribution is 0.144. The quantitative estimate of drug-likeness (QED) is 0.885. The standard InChI is InChI=1S/C18H23N3O3/c1-23-11-9-21(13-14-4-3-8-19-12-14)18(22)20-16-5-2-6-17-15(16)7-10-24-17/h3-4,7-8,10,12,16H,2,5-6,9,11,13H2,1H3,(H,20,22). The molecule has 1 aliphatic rings. The van der Waals surface area contributed by atoms with E-state index in [1.54, 1.807) is 30.7 Å². The van der Waals surface area contributed by atoms with E-state index >= 15 is 0 Å². The number of carbonyl (C=O) groups is 1. The number of aryl methyl sites for hydroxylation is 1. The summed E-state index contributed by atoms with van der Waals surface area (Å²) < 4.78 is 10.6. The second-order valence-corrected chi connectivity index (χ2v) is 5.97. The smallest absolute Gasteiger partial charge is 0.318 e. The van der Waals surface area contributed by atoms with Crippen molar-refractivity contribution in [3.63, 3.8) is 0 Å². The zero-order valence-electron chi connectivity index (χ0n) is 13.9. The molecule has 3 rings (SSSR count). The van der Waals surface area contributed by atoms with Crippen LogP contribution in [0, 0.1) is 0 Å². The van der Waals surface area contributed by atoms with Gasteiger partial charge in [-0.2, -0.15) is 0 Å². The Morgan fingerprint density at radius 2 is 2.42 bits per heavy atom. The molecular formula is C18H23N3O3. The van der Waals surface area contributed by atoms with Gasteiger partial charge < -0.3 is 19.4 Å². The second-order valence-electron chi connectivity index (χ2n) is 5.97. The summed E-state index contributed by atoms with van der Waals surface area (Å²) in [5.41, 5.74) is 2.10. The third-order valence-electron chi connectivity index (χ3n) is 4.30. The molecule has 0 saturated carbocycles. The van der Waals surface area contributed by atoms with Crippen LogP contribution in [0.3, 0.4) is 0 Å². The van der Waals surface area contributed by atoms with Crippen LogP contribution >= 0.6 is 0 Å². The number of urea groups is 1. The van der Waals surface area contributed by atoms with Gasteiger partial charge in [0, 0.05) is 44.6 Å². The maximum Gasteiger partial charge on any atom is 0.318 e. The van der Waals surface area contributed by atoms with Gasteiger partial charge in [-0.15, -0.1) is 0 Å². The number of aromatic nitrogens is 1. The fourth-order valence-corrected chi connectivity index (χ4v) is 3.04. The Hall–Kier alpha value is -2.34. The number of carbonyl (C=O) groups excluding carboxylic acids is 1.